The van der Waals surface area contributed by atoms with Gasteiger partial charge in [-0.25, -0.2) is 4.79 Å². The van der Waals surface area contributed by atoms with Crippen LogP contribution >= 0.6 is 0 Å². The van der Waals surface area contributed by atoms with Crippen LogP contribution in [0.1, 0.15) is 33.6 Å². The molecule has 104 valence electrons. The highest BCUT2D eigenvalue weighted by Gasteiger charge is 2.29. The largest absolute Gasteiger partial charge is 0.450 e. The molecule has 1 aliphatic rings. The van der Waals surface area contributed by atoms with Crippen LogP contribution in [0.3, 0.4) is 0 Å². The first-order chi connectivity index (χ1) is 8.63. The van der Waals surface area contributed by atoms with E-state index in [0.717, 1.165) is 25.9 Å². The van der Waals surface area contributed by atoms with Gasteiger partial charge < -0.3 is 14.5 Å². The average Bonchev–Trinajstić information content (AvgIpc) is 2.40. The van der Waals surface area contributed by atoms with Gasteiger partial charge in [0.05, 0.1) is 6.61 Å². The Kier molecular flexibility index (Phi) is 5.95. The predicted octanol–water partition coefficient (Wildman–Crippen LogP) is 1.72. The lowest BCUT2D eigenvalue weighted by molar-refractivity contribution is -0.136. The fourth-order valence-electron chi connectivity index (χ4n) is 2.32. The number of ether oxygens (including phenoxy) is 1. The van der Waals surface area contributed by atoms with Crippen LogP contribution in [0.4, 0.5) is 4.79 Å². The summed E-state index contributed by atoms with van der Waals surface area (Å²) in [6, 6.07) is 0. The van der Waals surface area contributed by atoms with Crippen molar-refractivity contribution in [2.75, 3.05) is 32.8 Å². The third kappa shape index (κ3) is 3.62. The van der Waals surface area contributed by atoms with Gasteiger partial charge in [0.1, 0.15) is 0 Å². The molecule has 18 heavy (non-hydrogen) atoms. The molecule has 1 saturated heterocycles. The van der Waals surface area contributed by atoms with E-state index in [9.17, 15) is 9.59 Å². The maximum atomic E-state index is 12.2. The second kappa shape index (κ2) is 7.24. The summed E-state index contributed by atoms with van der Waals surface area (Å²) >= 11 is 0. The van der Waals surface area contributed by atoms with E-state index in [1.807, 2.05) is 18.7 Å². The second-order valence-electron chi connectivity index (χ2n) is 4.47. The number of nitrogens with zero attached hydrogens (tertiary/aromatic N) is 2. The fourth-order valence-corrected chi connectivity index (χ4v) is 2.32. The van der Waals surface area contributed by atoms with Crippen molar-refractivity contribution in [2.45, 2.75) is 33.6 Å². The summed E-state index contributed by atoms with van der Waals surface area (Å²) < 4.78 is 4.96. The Morgan fingerprint density at radius 3 is 2.17 bits per heavy atom. The van der Waals surface area contributed by atoms with Crippen molar-refractivity contribution in [3.63, 3.8) is 0 Å². The summed E-state index contributed by atoms with van der Waals surface area (Å²) in [4.78, 5) is 27.2. The fraction of sp³-hybridized carbons (Fsp3) is 0.846. The molecule has 0 atom stereocenters. The molecule has 0 aromatic heterocycles. The Morgan fingerprint density at radius 1 is 1.17 bits per heavy atom. The quantitative estimate of drug-likeness (QED) is 0.769. The molecule has 0 N–H and O–H groups in total. The summed E-state index contributed by atoms with van der Waals surface area (Å²) in [6.07, 6.45) is 1.23. The van der Waals surface area contributed by atoms with Crippen LogP contribution in [-0.2, 0) is 9.53 Å². The molecular weight excluding hydrogens is 232 g/mol. The number of hydrogen-bond donors (Lipinski definition) is 0. The molecule has 0 unspecified atom stereocenters. The predicted molar refractivity (Wildman–Crippen MR) is 69.2 cm³/mol. The van der Waals surface area contributed by atoms with Crippen LogP contribution in [0, 0.1) is 5.92 Å². The molecule has 0 bridgehead atoms. The highest BCUT2D eigenvalue weighted by molar-refractivity contribution is 5.79. The number of hydrogen-bond acceptors (Lipinski definition) is 3. The summed E-state index contributed by atoms with van der Waals surface area (Å²) in [7, 11) is 0. The molecule has 5 heteroatoms. The van der Waals surface area contributed by atoms with Crippen LogP contribution in [0.2, 0.25) is 0 Å². The van der Waals surface area contributed by atoms with Crippen LogP contribution < -0.4 is 0 Å². The third-order valence-corrected chi connectivity index (χ3v) is 3.45. The first kappa shape index (κ1) is 14.8. The molecule has 0 radical (unpaired) electrons. The zero-order chi connectivity index (χ0) is 13.5. The van der Waals surface area contributed by atoms with E-state index in [1.165, 1.54) is 0 Å². The zero-order valence-electron chi connectivity index (χ0n) is 11.6. The Hall–Kier alpha value is -1.26. The van der Waals surface area contributed by atoms with Gasteiger partial charge in [-0.05, 0) is 33.6 Å². The molecule has 0 spiro atoms. The van der Waals surface area contributed by atoms with Crippen molar-refractivity contribution >= 4 is 12.0 Å². The molecule has 0 aromatic rings. The van der Waals surface area contributed by atoms with Gasteiger partial charge in [0.2, 0.25) is 5.91 Å². The third-order valence-electron chi connectivity index (χ3n) is 3.45. The Morgan fingerprint density at radius 2 is 1.72 bits per heavy atom. The van der Waals surface area contributed by atoms with Gasteiger partial charge in [-0.2, -0.15) is 0 Å². The number of rotatable bonds is 4. The smallest absolute Gasteiger partial charge is 0.409 e. The van der Waals surface area contributed by atoms with E-state index in [2.05, 4.69) is 0 Å². The molecule has 0 aliphatic carbocycles. The molecule has 1 aliphatic heterocycles. The summed E-state index contributed by atoms with van der Waals surface area (Å²) in [5, 5.41) is 0. The van der Waals surface area contributed by atoms with Crippen molar-refractivity contribution in [1.82, 2.24) is 9.80 Å². The van der Waals surface area contributed by atoms with Crippen LogP contribution in [-0.4, -0.2) is 54.6 Å². The summed E-state index contributed by atoms with van der Waals surface area (Å²) in [5.41, 5.74) is 0. The number of amides is 2. The minimum absolute atomic E-state index is 0.0653. The van der Waals surface area contributed by atoms with Crippen molar-refractivity contribution in [3.05, 3.63) is 0 Å². The lowest BCUT2D eigenvalue weighted by atomic mass is 9.95. The van der Waals surface area contributed by atoms with E-state index in [0.29, 0.717) is 19.7 Å². The number of carbonyl (C=O) groups excluding carboxylic acids is 2. The monoisotopic (exact) mass is 256 g/mol. The Balaban J connectivity index is 2.43. The van der Waals surface area contributed by atoms with Crippen molar-refractivity contribution < 1.29 is 14.3 Å². The van der Waals surface area contributed by atoms with Gasteiger partial charge in [-0.1, -0.05) is 0 Å². The lowest BCUT2D eigenvalue weighted by Crippen LogP contribution is -2.44. The Labute approximate surface area is 109 Å². The van der Waals surface area contributed by atoms with E-state index in [4.69, 9.17) is 4.74 Å². The van der Waals surface area contributed by atoms with Gasteiger partial charge in [0.15, 0.2) is 0 Å². The van der Waals surface area contributed by atoms with Crippen molar-refractivity contribution in [2.24, 2.45) is 5.92 Å². The lowest BCUT2D eigenvalue weighted by Gasteiger charge is -2.33. The van der Waals surface area contributed by atoms with Crippen LogP contribution in [0.25, 0.3) is 0 Å². The van der Waals surface area contributed by atoms with E-state index >= 15 is 0 Å². The van der Waals surface area contributed by atoms with Crippen LogP contribution in [0.5, 0.6) is 0 Å². The average molecular weight is 256 g/mol. The standard InChI is InChI=1S/C13H24N2O3/c1-4-14(5-2)12(16)11-7-9-15(10-8-11)13(17)18-6-3/h11H,4-10H2,1-3H3. The van der Waals surface area contributed by atoms with E-state index in [-0.39, 0.29) is 17.9 Å². The SMILES string of the molecule is CCOC(=O)N1CCC(C(=O)N(CC)CC)CC1. The molecule has 1 rings (SSSR count). The highest BCUT2D eigenvalue weighted by Crippen LogP contribution is 2.20. The molecule has 2 amide bonds. The molecule has 1 fully saturated rings. The Bertz CT molecular complexity index is 282. The molecule has 0 saturated carbocycles. The minimum Gasteiger partial charge on any atom is -0.450 e. The molecular formula is C13H24N2O3. The van der Waals surface area contributed by atoms with Gasteiger partial charge in [0.25, 0.3) is 0 Å². The van der Waals surface area contributed by atoms with Crippen molar-refractivity contribution in [3.8, 4) is 0 Å². The summed E-state index contributed by atoms with van der Waals surface area (Å²) in [5.74, 6) is 0.291. The highest BCUT2D eigenvalue weighted by atomic mass is 16.6. The number of piperidine rings is 1. The van der Waals surface area contributed by atoms with E-state index < -0.39 is 0 Å². The van der Waals surface area contributed by atoms with Crippen LogP contribution in [0.15, 0.2) is 0 Å². The topological polar surface area (TPSA) is 49.9 Å². The van der Waals surface area contributed by atoms with Gasteiger partial charge in [-0.3, -0.25) is 4.79 Å². The minimum atomic E-state index is -0.258. The van der Waals surface area contributed by atoms with Crippen molar-refractivity contribution in [1.29, 1.82) is 0 Å². The number of likely N-dealkylation sites (tertiary alicyclic amines) is 1. The summed E-state index contributed by atoms with van der Waals surface area (Å²) in [6.45, 7) is 8.95. The van der Waals surface area contributed by atoms with Gasteiger partial charge in [0, 0.05) is 32.1 Å². The molecule has 0 aromatic carbocycles. The maximum Gasteiger partial charge on any atom is 0.409 e. The maximum absolute atomic E-state index is 12.2. The molecule has 5 nitrogen and oxygen atoms in total. The second-order valence-corrected chi connectivity index (χ2v) is 4.47. The number of carbonyl (C=O) groups is 2. The zero-order valence-corrected chi connectivity index (χ0v) is 11.6. The van der Waals surface area contributed by atoms with Gasteiger partial charge >= 0.3 is 6.09 Å². The van der Waals surface area contributed by atoms with Gasteiger partial charge in [-0.15, -0.1) is 0 Å². The first-order valence-corrected chi connectivity index (χ1v) is 6.84. The normalized spacial score (nSPS) is 16.5. The first-order valence-electron chi connectivity index (χ1n) is 6.84. The van der Waals surface area contributed by atoms with E-state index in [1.54, 1.807) is 11.8 Å². The molecule has 1 heterocycles.